The lowest BCUT2D eigenvalue weighted by Crippen LogP contribution is -2.30. The van der Waals surface area contributed by atoms with Gasteiger partial charge in [0.25, 0.3) is 0 Å². The highest BCUT2D eigenvalue weighted by Crippen LogP contribution is 2.37. The molecule has 6 heteroatoms. The van der Waals surface area contributed by atoms with E-state index in [1.807, 2.05) is 31.7 Å². The fourth-order valence-electron chi connectivity index (χ4n) is 3.74. The number of hydrogen-bond acceptors (Lipinski definition) is 4. The molecule has 6 nitrogen and oxygen atoms in total. The number of furan rings is 1. The van der Waals surface area contributed by atoms with Gasteiger partial charge in [0.15, 0.2) is 0 Å². The second-order valence-electron chi connectivity index (χ2n) is 7.33. The quantitative estimate of drug-likeness (QED) is 0.585. The molecule has 1 N–H and O–H groups in total. The summed E-state index contributed by atoms with van der Waals surface area (Å²) in [7, 11) is 1.63. The Labute approximate surface area is 165 Å². The van der Waals surface area contributed by atoms with Gasteiger partial charge in [0, 0.05) is 48.6 Å². The Balaban J connectivity index is 1.67. The summed E-state index contributed by atoms with van der Waals surface area (Å²) in [6.07, 6.45) is 5.68. The molecule has 0 atom stereocenters. The number of rotatable bonds is 7. The van der Waals surface area contributed by atoms with Crippen LogP contribution < -0.4 is 10.1 Å². The lowest BCUT2D eigenvalue weighted by molar-refractivity contribution is -0.127. The van der Waals surface area contributed by atoms with Crippen molar-refractivity contribution >= 4 is 28.4 Å². The van der Waals surface area contributed by atoms with Gasteiger partial charge in [-0.15, -0.1) is 0 Å². The van der Waals surface area contributed by atoms with Crippen LogP contribution in [0.1, 0.15) is 42.9 Å². The van der Waals surface area contributed by atoms with E-state index in [1.165, 1.54) is 0 Å². The van der Waals surface area contributed by atoms with Gasteiger partial charge in [-0.1, -0.05) is 0 Å². The van der Waals surface area contributed by atoms with Crippen LogP contribution in [0.25, 0.3) is 16.5 Å². The van der Waals surface area contributed by atoms with Crippen LogP contribution in [-0.4, -0.2) is 43.5 Å². The van der Waals surface area contributed by atoms with Gasteiger partial charge in [0.05, 0.1) is 13.4 Å². The van der Waals surface area contributed by atoms with Crippen LogP contribution >= 0.6 is 0 Å². The van der Waals surface area contributed by atoms with Gasteiger partial charge >= 0.3 is 0 Å². The summed E-state index contributed by atoms with van der Waals surface area (Å²) in [5.41, 5.74) is 4.50. The molecule has 0 saturated carbocycles. The standard InChI is InChI=1S/C22H28N2O4/c1-14(11-19(25)23-8-6-10-24-9-5-7-20(24)26)17-12-18-15(2)13-28-22(18)16(3)21(17)27-4/h11-13H,5-10H2,1-4H3,(H,23,25)/b14-11+. The van der Waals surface area contributed by atoms with Crippen molar-refractivity contribution in [3.05, 3.63) is 35.1 Å². The van der Waals surface area contributed by atoms with Crippen molar-refractivity contribution in [2.75, 3.05) is 26.7 Å². The van der Waals surface area contributed by atoms with Crippen molar-refractivity contribution in [3.8, 4) is 5.75 Å². The van der Waals surface area contributed by atoms with Crippen molar-refractivity contribution in [1.82, 2.24) is 10.2 Å². The van der Waals surface area contributed by atoms with Crippen LogP contribution in [-0.2, 0) is 9.59 Å². The number of benzene rings is 1. The fraction of sp³-hybridized carbons (Fsp3) is 0.455. The molecule has 150 valence electrons. The molecule has 1 aromatic heterocycles. The molecule has 0 bridgehead atoms. The number of methoxy groups -OCH3 is 1. The fourth-order valence-corrected chi connectivity index (χ4v) is 3.74. The second kappa shape index (κ2) is 8.50. The van der Waals surface area contributed by atoms with Gasteiger partial charge in [-0.05, 0) is 50.8 Å². The van der Waals surface area contributed by atoms with Crippen LogP contribution in [0.15, 0.2) is 22.8 Å². The highest BCUT2D eigenvalue weighted by atomic mass is 16.5. The van der Waals surface area contributed by atoms with E-state index in [0.717, 1.165) is 58.4 Å². The monoisotopic (exact) mass is 384 g/mol. The number of ether oxygens (including phenoxy) is 1. The van der Waals surface area contributed by atoms with E-state index in [2.05, 4.69) is 5.32 Å². The number of nitrogens with zero attached hydrogens (tertiary/aromatic N) is 1. The van der Waals surface area contributed by atoms with Crippen molar-refractivity contribution in [3.63, 3.8) is 0 Å². The molecule has 0 unspecified atom stereocenters. The summed E-state index contributed by atoms with van der Waals surface area (Å²) in [5.74, 6) is 0.791. The zero-order chi connectivity index (χ0) is 20.3. The van der Waals surface area contributed by atoms with Gasteiger partial charge in [0.1, 0.15) is 11.3 Å². The first kappa shape index (κ1) is 20.0. The number of aryl methyl sites for hydroxylation is 2. The van der Waals surface area contributed by atoms with Gasteiger partial charge < -0.3 is 19.4 Å². The third-order valence-corrected chi connectivity index (χ3v) is 5.29. The van der Waals surface area contributed by atoms with Crippen LogP contribution in [0.4, 0.5) is 0 Å². The molecule has 1 saturated heterocycles. The Hall–Kier alpha value is -2.76. The Kier molecular flexibility index (Phi) is 6.07. The molecule has 28 heavy (non-hydrogen) atoms. The maximum Gasteiger partial charge on any atom is 0.244 e. The van der Waals surface area contributed by atoms with E-state index in [1.54, 1.807) is 19.4 Å². The average molecular weight is 384 g/mol. The molecular formula is C22H28N2O4. The van der Waals surface area contributed by atoms with Crippen LogP contribution in [0.2, 0.25) is 0 Å². The van der Waals surface area contributed by atoms with Gasteiger partial charge in [0.2, 0.25) is 11.8 Å². The molecule has 2 aromatic rings. The summed E-state index contributed by atoms with van der Waals surface area (Å²) >= 11 is 0. The minimum absolute atomic E-state index is 0.144. The molecule has 2 heterocycles. The molecule has 1 aliphatic rings. The smallest absolute Gasteiger partial charge is 0.244 e. The summed E-state index contributed by atoms with van der Waals surface area (Å²) in [6, 6.07) is 2.01. The Morgan fingerprint density at radius 2 is 2.18 bits per heavy atom. The SMILES string of the molecule is COc1c(/C(C)=C/C(=O)NCCCN2CCCC2=O)cc2c(C)coc2c1C. The molecule has 2 amide bonds. The van der Waals surface area contributed by atoms with Crippen LogP contribution in [0, 0.1) is 13.8 Å². The number of likely N-dealkylation sites (tertiary alicyclic amines) is 1. The van der Waals surface area contributed by atoms with E-state index < -0.39 is 0 Å². The zero-order valence-electron chi connectivity index (χ0n) is 17.1. The highest BCUT2D eigenvalue weighted by molar-refractivity contribution is 5.98. The van der Waals surface area contributed by atoms with Gasteiger partial charge in [-0.3, -0.25) is 9.59 Å². The molecular weight excluding hydrogens is 356 g/mol. The third-order valence-electron chi connectivity index (χ3n) is 5.29. The maximum absolute atomic E-state index is 12.3. The summed E-state index contributed by atoms with van der Waals surface area (Å²) in [6.45, 7) is 7.94. The first-order valence-electron chi connectivity index (χ1n) is 9.72. The number of allylic oxidation sites excluding steroid dienone is 1. The topological polar surface area (TPSA) is 71.8 Å². The maximum atomic E-state index is 12.3. The molecule has 1 fully saturated rings. The van der Waals surface area contributed by atoms with Crippen molar-refractivity contribution in [1.29, 1.82) is 0 Å². The largest absolute Gasteiger partial charge is 0.496 e. The molecule has 3 rings (SSSR count). The minimum Gasteiger partial charge on any atom is -0.496 e. The van der Waals surface area contributed by atoms with Crippen LogP contribution in [0.5, 0.6) is 5.75 Å². The van der Waals surface area contributed by atoms with E-state index in [0.29, 0.717) is 19.5 Å². The summed E-state index contributed by atoms with van der Waals surface area (Å²) in [4.78, 5) is 25.8. The van der Waals surface area contributed by atoms with Crippen molar-refractivity contribution in [2.45, 2.75) is 40.0 Å². The highest BCUT2D eigenvalue weighted by Gasteiger charge is 2.19. The van der Waals surface area contributed by atoms with E-state index in [4.69, 9.17) is 9.15 Å². The van der Waals surface area contributed by atoms with Crippen molar-refractivity contribution < 1.29 is 18.7 Å². The number of nitrogens with one attached hydrogen (secondary N) is 1. The first-order chi connectivity index (χ1) is 13.4. The third kappa shape index (κ3) is 4.06. The number of amides is 2. The van der Waals surface area contributed by atoms with Gasteiger partial charge in [-0.2, -0.15) is 0 Å². The number of hydrogen-bond donors (Lipinski definition) is 1. The Morgan fingerprint density at radius 3 is 2.86 bits per heavy atom. The van der Waals surface area contributed by atoms with Gasteiger partial charge in [-0.25, -0.2) is 0 Å². The number of carbonyl (C=O) groups excluding carboxylic acids is 2. The Morgan fingerprint density at radius 1 is 1.39 bits per heavy atom. The van der Waals surface area contributed by atoms with Crippen LogP contribution in [0.3, 0.4) is 0 Å². The lowest BCUT2D eigenvalue weighted by Gasteiger charge is -2.15. The predicted molar refractivity (Wildman–Crippen MR) is 109 cm³/mol. The second-order valence-corrected chi connectivity index (χ2v) is 7.33. The van der Waals surface area contributed by atoms with Crippen molar-refractivity contribution in [2.24, 2.45) is 0 Å². The van der Waals surface area contributed by atoms with E-state index in [-0.39, 0.29) is 11.8 Å². The zero-order valence-corrected chi connectivity index (χ0v) is 17.1. The normalized spacial score (nSPS) is 14.8. The molecule has 1 aromatic carbocycles. The molecule has 1 aliphatic heterocycles. The molecule has 0 spiro atoms. The minimum atomic E-state index is -0.144. The average Bonchev–Trinajstić information content (AvgIpc) is 3.24. The number of carbonyl (C=O) groups is 2. The Bertz CT molecular complexity index is 926. The van der Waals surface area contributed by atoms with E-state index >= 15 is 0 Å². The van der Waals surface area contributed by atoms with E-state index in [9.17, 15) is 9.59 Å². The predicted octanol–water partition coefficient (Wildman–Crippen LogP) is 3.59. The summed E-state index contributed by atoms with van der Waals surface area (Å²) in [5, 5.41) is 3.93. The molecule has 0 radical (unpaired) electrons. The number of fused-ring (bicyclic) bond motifs is 1. The lowest BCUT2D eigenvalue weighted by atomic mass is 9.98. The first-order valence-corrected chi connectivity index (χ1v) is 9.72. The molecule has 0 aliphatic carbocycles. The summed E-state index contributed by atoms with van der Waals surface area (Å²) < 4.78 is 11.2.